The summed E-state index contributed by atoms with van der Waals surface area (Å²) in [6, 6.07) is 5.30. The Kier molecular flexibility index (Phi) is 4.24. The number of nitrogens with zero attached hydrogens (tertiary/aromatic N) is 4. The molecule has 1 aromatic carbocycles. The fraction of sp³-hybridized carbons (Fsp3) is 0.267. The molecule has 1 saturated heterocycles. The topological polar surface area (TPSA) is 61.9 Å². The molecule has 1 atom stereocenters. The minimum absolute atomic E-state index is 0.0217. The number of aromatic nitrogens is 2. The van der Waals surface area contributed by atoms with E-state index >= 15 is 0 Å². The van der Waals surface area contributed by atoms with E-state index in [2.05, 4.69) is 11.2 Å². The van der Waals surface area contributed by atoms with E-state index in [0.717, 1.165) is 6.42 Å². The van der Waals surface area contributed by atoms with Crippen LogP contribution in [-0.4, -0.2) is 21.7 Å². The third-order valence-corrected chi connectivity index (χ3v) is 5.10. The molecular weight excluding hydrogens is 359 g/mol. The molecule has 0 bridgehead atoms. The van der Waals surface area contributed by atoms with E-state index in [1.54, 1.807) is 17.0 Å². The van der Waals surface area contributed by atoms with Crippen LogP contribution in [0.15, 0.2) is 18.3 Å². The van der Waals surface area contributed by atoms with E-state index in [1.165, 1.54) is 10.9 Å². The Hall–Kier alpha value is -1.74. The van der Waals surface area contributed by atoms with E-state index in [0.29, 0.717) is 28.5 Å². The summed E-state index contributed by atoms with van der Waals surface area (Å²) in [5.74, 6) is 0.356. The van der Waals surface area contributed by atoms with Crippen LogP contribution in [0.25, 0.3) is 5.69 Å². The molecule has 1 aliphatic rings. The molecule has 2 aromatic rings. The van der Waals surface area contributed by atoms with Crippen molar-refractivity contribution in [1.29, 1.82) is 5.26 Å². The Morgan fingerprint density at radius 3 is 2.65 bits per heavy atom. The molecule has 8 heteroatoms. The van der Waals surface area contributed by atoms with Crippen LogP contribution in [0.4, 0.5) is 5.82 Å². The highest BCUT2D eigenvalue weighted by molar-refractivity contribution is 6.48. The summed E-state index contributed by atoms with van der Waals surface area (Å²) in [6.07, 6.45) is 2.57. The fourth-order valence-electron chi connectivity index (χ4n) is 2.66. The van der Waals surface area contributed by atoms with Crippen LogP contribution in [0.1, 0.15) is 25.3 Å². The van der Waals surface area contributed by atoms with E-state index in [4.69, 9.17) is 34.8 Å². The van der Waals surface area contributed by atoms with Gasteiger partial charge in [0, 0.05) is 12.5 Å². The first-order valence-corrected chi connectivity index (χ1v) is 8.03. The van der Waals surface area contributed by atoms with Crippen LogP contribution in [0.3, 0.4) is 0 Å². The number of halogens is 3. The lowest BCUT2D eigenvalue weighted by Crippen LogP contribution is -2.33. The minimum Gasteiger partial charge on any atom is -0.293 e. The van der Waals surface area contributed by atoms with Gasteiger partial charge in [0.25, 0.3) is 0 Å². The maximum absolute atomic E-state index is 12.2. The minimum atomic E-state index is -0.0491. The van der Waals surface area contributed by atoms with Crippen LogP contribution < -0.4 is 4.90 Å². The first-order chi connectivity index (χ1) is 11.0. The van der Waals surface area contributed by atoms with Gasteiger partial charge in [-0.05, 0) is 25.5 Å². The molecule has 2 heterocycles. The standard InChI is InChI=1S/C15H11Cl3N4O/c1-8-2-5-12(23)21(8)15-9(6-19)7-20-22(15)11-4-3-10(16)13(17)14(11)18/h3-4,7-8H,2,5H2,1H3. The average molecular weight is 370 g/mol. The normalized spacial score (nSPS) is 17.6. The fourth-order valence-corrected chi connectivity index (χ4v) is 3.27. The molecule has 0 N–H and O–H groups in total. The van der Waals surface area contributed by atoms with Crippen molar-refractivity contribution in [2.75, 3.05) is 4.90 Å². The second-order valence-electron chi connectivity index (χ2n) is 5.25. The molecule has 0 spiro atoms. The summed E-state index contributed by atoms with van der Waals surface area (Å²) >= 11 is 18.3. The Bertz CT molecular complexity index is 840. The number of anilines is 1. The summed E-state index contributed by atoms with van der Waals surface area (Å²) < 4.78 is 1.46. The maximum atomic E-state index is 12.2. The molecule has 1 fully saturated rings. The number of hydrogen-bond acceptors (Lipinski definition) is 3. The smallest absolute Gasteiger partial charge is 0.228 e. The quantitative estimate of drug-likeness (QED) is 0.745. The molecule has 1 aromatic heterocycles. The van der Waals surface area contributed by atoms with Crippen molar-refractivity contribution in [3.05, 3.63) is 39.0 Å². The lowest BCUT2D eigenvalue weighted by Gasteiger charge is -2.23. The molecule has 118 valence electrons. The number of rotatable bonds is 2. The summed E-state index contributed by atoms with van der Waals surface area (Å²) in [4.78, 5) is 13.8. The Balaban J connectivity index is 2.23. The van der Waals surface area contributed by atoms with Crippen molar-refractivity contribution in [3.8, 4) is 11.8 Å². The van der Waals surface area contributed by atoms with Gasteiger partial charge < -0.3 is 0 Å². The van der Waals surface area contributed by atoms with Crippen molar-refractivity contribution < 1.29 is 4.79 Å². The summed E-state index contributed by atoms with van der Waals surface area (Å²) in [6.45, 7) is 1.93. The second-order valence-corrected chi connectivity index (χ2v) is 6.41. The van der Waals surface area contributed by atoms with Crippen molar-refractivity contribution in [1.82, 2.24) is 9.78 Å². The van der Waals surface area contributed by atoms with Crippen molar-refractivity contribution in [3.63, 3.8) is 0 Å². The maximum Gasteiger partial charge on any atom is 0.228 e. The number of carbonyl (C=O) groups is 1. The van der Waals surface area contributed by atoms with E-state index in [1.807, 2.05) is 6.92 Å². The monoisotopic (exact) mass is 368 g/mol. The van der Waals surface area contributed by atoms with Gasteiger partial charge in [-0.15, -0.1) is 0 Å². The van der Waals surface area contributed by atoms with Crippen LogP contribution in [0.2, 0.25) is 15.1 Å². The summed E-state index contributed by atoms with van der Waals surface area (Å²) in [5, 5.41) is 14.3. The van der Waals surface area contributed by atoms with Crippen LogP contribution in [0.5, 0.6) is 0 Å². The average Bonchev–Trinajstić information content (AvgIpc) is 3.08. The third-order valence-electron chi connectivity index (χ3n) is 3.82. The van der Waals surface area contributed by atoms with Gasteiger partial charge in [-0.25, -0.2) is 4.68 Å². The number of benzene rings is 1. The van der Waals surface area contributed by atoms with Crippen molar-refractivity contribution in [2.45, 2.75) is 25.8 Å². The lowest BCUT2D eigenvalue weighted by atomic mass is 10.2. The first-order valence-electron chi connectivity index (χ1n) is 6.89. The Morgan fingerprint density at radius 2 is 2.04 bits per heavy atom. The highest BCUT2D eigenvalue weighted by Gasteiger charge is 2.34. The van der Waals surface area contributed by atoms with Gasteiger partial charge in [0.05, 0.1) is 27.0 Å². The number of nitriles is 1. The molecule has 0 radical (unpaired) electrons. The number of hydrogen-bond donors (Lipinski definition) is 0. The Morgan fingerprint density at radius 1 is 1.30 bits per heavy atom. The molecule has 1 amide bonds. The van der Waals surface area contributed by atoms with Crippen LogP contribution in [-0.2, 0) is 4.79 Å². The van der Waals surface area contributed by atoms with E-state index in [9.17, 15) is 10.1 Å². The first kappa shape index (κ1) is 16.1. The molecule has 3 rings (SSSR count). The molecule has 23 heavy (non-hydrogen) atoms. The van der Waals surface area contributed by atoms with Gasteiger partial charge >= 0.3 is 0 Å². The second kappa shape index (κ2) is 6.04. The molecule has 0 saturated carbocycles. The van der Waals surface area contributed by atoms with E-state index < -0.39 is 0 Å². The van der Waals surface area contributed by atoms with Gasteiger partial charge in [-0.3, -0.25) is 9.69 Å². The van der Waals surface area contributed by atoms with Crippen molar-refractivity contribution in [2.24, 2.45) is 0 Å². The largest absolute Gasteiger partial charge is 0.293 e. The predicted octanol–water partition coefficient (Wildman–Crippen LogP) is 4.22. The molecule has 5 nitrogen and oxygen atoms in total. The van der Waals surface area contributed by atoms with Crippen molar-refractivity contribution >= 4 is 46.5 Å². The molecular formula is C15H11Cl3N4O. The zero-order chi connectivity index (χ0) is 16.7. The van der Waals surface area contributed by atoms with Crippen LogP contribution >= 0.6 is 34.8 Å². The predicted molar refractivity (Wildman–Crippen MR) is 89.5 cm³/mol. The zero-order valence-electron chi connectivity index (χ0n) is 12.1. The molecule has 1 unspecified atom stereocenters. The van der Waals surface area contributed by atoms with Gasteiger partial charge in [0.1, 0.15) is 11.6 Å². The molecule has 0 aliphatic carbocycles. The number of amides is 1. The zero-order valence-corrected chi connectivity index (χ0v) is 14.3. The van der Waals surface area contributed by atoms with Crippen LogP contribution in [0, 0.1) is 11.3 Å². The number of carbonyl (C=O) groups excluding carboxylic acids is 1. The molecule has 1 aliphatic heterocycles. The van der Waals surface area contributed by atoms with Gasteiger partial charge in [-0.2, -0.15) is 10.4 Å². The highest BCUT2D eigenvalue weighted by atomic mass is 35.5. The highest BCUT2D eigenvalue weighted by Crippen LogP contribution is 2.38. The summed E-state index contributed by atoms with van der Waals surface area (Å²) in [5.41, 5.74) is 0.763. The SMILES string of the molecule is CC1CCC(=O)N1c1c(C#N)cnn1-c1ccc(Cl)c(Cl)c1Cl. The summed E-state index contributed by atoms with van der Waals surface area (Å²) in [7, 11) is 0. The van der Waals surface area contributed by atoms with Gasteiger partial charge in [-0.1, -0.05) is 34.8 Å². The Labute approximate surface area is 148 Å². The third kappa shape index (κ3) is 2.57. The van der Waals surface area contributed by atoms with E-state index in [-0.39, 0.29) is 22.0 Å². The lowest BCUT2D eigenvalue weighted by molar-refractivity contribution is -0.117. The van der Waals surface area contributed by atoms with Gasteiger partial charge in [0.2, 0.25) is 5.91 Å². The van der Waals surface area contributed by atoms with Gasteiger partial charge in [0.15, 0.2) is 5.82 Å².